The molecule has 2 aromatic carbocycles. The number of rotatable bonds is 15. The number of hydrogen-bond acceptors (Lipinski definition) is 9. The highest BCUT2D eigenvalue weighted by molar-refractivity contribution is 7.15. The van der Waals surface area contributed by atoms with Crippen LogP contribution in [0.2, 0.25) is 0 Å². The molecule has 0 atom stereocenters. The van der Waals surface area contributed by atoms with Crippen molar-refractivity contribution in [3.8, 4) is 17.2 Å². The van der Waals surface area contributed by atoms with E-state index in [1.54, 1.807) is 19.2 Å². The number of aryl methyl sites for hydroxylation is 1. The minimum absolute atomic E-state index is 0.0631. The maximum Gasteiger partial charge on any atom is 0.247 e. The highest BCUT2D eigenvalue weighted by atomic mass is 32.1. The fourth-order valence-electron chi connectivity index (χ4n) is 3.40. The monoisotopic (exact) mass is 511 g/mol. The first-order valence-corrected chi connectivity index (χ1v) is 12.8. The molecule has 0 fully saturated rings. The van der Waals surface area contributed by atoms with Gasteiger partial charge in [0.05, 0.1) is 19.7 Å². The Morgan fingerprint density at radius 3 is 2.58 bits per heavy atom. The minimum atomic E-state index is -0.309. The molecule has 1 aromatic heterocycles. The summed E-state index contributed by atoms with van der Waals surface area (Å²) in [5.74, 6) is 1.67. The van der Waals surface area contributed by atoms with Gasteiger partial charge in [0.1, 0.15) is 24.0 Å². The van der Waals surface area contributed by atoms with Crippen LogP contribution in [0.15, 0.2) is 47.6 Å². The molecule has 192 valence electrons. The number of nitrogens with zero attached hydrogens (tertiary/aromatic N) is 3. The minimum Gasteiger partial charge on any atom is -0.493 e. The van der Waals surface area contributed by atoms with E-state index in [1.165, 1.54) is 48.8 Å². The average molecular weight is 512 g/mol. The van der Waals surface area contributed by atoms with Crippen molar-refractivity contribution < 1.29 is 19.0 Å². The molecule has 10 heteroatoms. The number of nitrogens with two attached hydrogens (primary N) is 1. The second-order valence-corrected chi connectivity index (χ2v) is 9.16. The Balaban J connectivity index is 1.40. The Hall–Kier alpha value is -3.66. The summed E-state index contributed by atoms with van der Waals surface area (Å²) in [4.78, 5) is 11.9. The first-order chi connectivity index (χ1) is 17.6. The Morgan fingerprint density at radius 2 is 1.86 bits per heavy atom. The molecular formula is C26H33N5O4S. The van der Waals surface area contributed by atoms with Crippen LogP contribution >= 0.6 is 11.3 Å². The Labute approximate surface area is 215 Å². The van der Waals surface area contributed by atoms with Crippen molar-refractivity contribution in [2.24, 2.45) is 5.10 Å². The molecule has 0 radical (unpaired) electrons. The molecule has 3 aromatic rings. The topological polar surface area (TPSA) is 121 Å². The zero-order chi connectivity index (χ0) is 25.6. The van der Waals surface area contributed by atoms with E-state index in [2.05, 4.69) is 39.8 Å². The lowest BCUT2D eigenvalue weighted by Gasteiger charge is -2.12. The Kier molecular flexibility index (Phi) is 11.0. The van der Waals surface area contributed by atoms with Gasteiger partial charge in [-0.05, 0) is 54.3 Å². The number of hydrogen-bond donors (Lipinski definition) is 2. The number of nitrogen functional groups attached to an aromatic ring is 1. The number of unbranched alkanes of at least 4 members (excludes halogenated alkanes) is 3. The number of hydrazone groups is 1. The van der Waals surface area contributed by atoms with E-state index in [1.807, 2.05) is 18.2 Å². The smallest absolute Gasteiger partial charge is 0.247 e. The zero-order valence-corrected chi connectivity index (χ0v) is 21.6. The van der Waals surface area contributed by atoms with Crippen molar-refractivity contribution in [3.05, 3.63) is 58.6 Å². The van der Waals surface area contributed by atoms with E-state index >= 15 is 0 Å². The average Bonchev–Trinajstić information content (AvgIpc) is 3.30. The molecule has 0 saturated heterocycles. The number of benzene rings is 2. The Bertz CT molecular complexity index is 1120. The van der Waals surface area contributed by atoms with Crippen LogP contribution in [-0.2, 0) is 17.6 Å². The van der Waals surface area contributed by atoms with Gasteiger partial charge in [0, 0.05) is 0 Å². The third-order valence-electron chi connectivity index (χ3n) is 5.24. The molecule has 0 bridgehead atoms. The number of ether oxygens (including phenoxy) is 3. The summed E-state index contributed by atoms with van der Waals surface area (Å²) in [7, 11) is 1.57. The largest absolute Gasteiger partial charge is 0.493 e. The highest BCUT2D eigenvalue weighted by Crippen LogP contribution is 2.27. The number of aromatic nitrogens is 2. The number of carbonyl (C=O) groups excluding carboxylic acids is 1. The quantitative estimate of drug-likeness (QED) is 0.176. The fraction of sp³-hybridized carbons (Fsp3) is 0.385. The van der Waals surface area contributed by atoms with Crippen LogP contribution in [0.3, 0.4) is 0 Å². The summed E-state index contributed by atoms with van der Waals surface area (Å²) in [6, 6.07) is 13.6. The van der Waals surface area contributed by atoms with Crippen molar-refractivity contribution >= 4 is 28.6 Å². The van der Waals surface area contributed by atoms with E-state index in [4.69, 9.17) is 19.9 Å². The van der Waals surface area contributed by atoms with Crippen molar-refractivity contribution in [1.82, 2.24) is 15.6 Å². The van der Waals surface area contributed by atoms with Crippen LogP contribution in [-0.4, -0.2) is 42.6 Å². The number of anilines is 1. The van der Waals surface area contributed by atoms with Crippen molar-refractivity contribution in [3.63, 3.8) is 0 Å². The predicted octanol–water partition coefficient (Wildman–Crippen LogP) is 4.40. The molecule has 0 spiro atoms. The van der Waals surface area contributed by atoms with E-state index in [0.29, 0.717) is 34.9 Å². The second kappa shape index (κ2) is 14.7. The number of amides is 1. The summed E-state index contributed by atoms with van der Waals surface area (Å²) in [6.07, 6.45) is 7.75. The molecule has 0 unspecified atom stereocenters. The van der Waals surface area contributed by atoms with E-state index in [9.17, 15) is 4.79 Å². The van der Waals surface area contributed by atoms with Crippen LogP contribution in [0.4, 0.5) is 5.13 Å². The number of nitrogens with one attached hydrogen (secondary N) is 1. The SMILES string of the molecule is CCCCCCc1ccc(OCCOc2ccc(C=NNC(=O)Cc3nnc(N)s3)cc2OC)cc1. The van der Waals surface area contributed by atoms with Crippen molar-refractivity contribution in [1.29, 1.82) is 0 Å². The Morgan fingerprint density at radius 1 is 1.06 bits per heavy atom. The molecule has 1 amide bonds. The fourth-order valence-corrected chi connectivity index (χ4v) is 4.00. The molecule has 0 aliphatic carbocycles. The van der Waals surface area contributed by atoms with E-state index < -0.39 is 0 Å². The van der Waals surface area contributed by atoms with E-state index in [-0.39, 0.29) is 12.3 Å². The van der Waals surface area contributed by atoms with Gasteiger partial charge < -0.3 is 19.9 Å². The van der Waals surface area contributed by atoms with Crippen molar-refractivity contribution in [2.45, 2.75) is 45.4 Å². The normalized spacial score (nSPS) is 10.9. The third-order valence-corrected chi connectivity index (χ3v) is 5.99. The molecule has 9 nitrogen and oxygen atoms in total. The first-order valence-electron chi connectivity index (χ1n) is 12.0. The van der Waals surface area contributed by atoms with Gasteiger partial charge in [0.25, 0.3) is 0 Å². The van der Waals surface area contributed by atoms with Crippen LogP contribution in [0, 0.1) is 0 Å². The summed E-state index contributed by atoms with van der Waals surface area (Å²) < 4.78 is 17.1. The molecule has 0 saturated carbocycles. The van der Waals surface area contributed by atoms with Crippen LogP contribution in [0.25, 0.3) is 0 Å². The lowest BCUT2D eigenvalue weighted by Crippen LogP contribution is -2.19. The highest BCUT2D eigenvalue weighted by Gasteiger charge is 2.08. The van der Waals surface area contributed by atoms with Gasteiger partial charge in [0.2, 0.25) is 11.0 Å². The van der Waals surface area contributed by atoms with Gasteiger partial charge in [-0.15, -0.1) is 10.2 Å². The summed E-state index contributed by atoms with van der Waals surface area (Å²) in [5, 5.41) is 12.3. The third kappa shape index (κ3) is 9.18. The van der Waals surface area contributed by atoms with Crippen LogP contribution < -0.4 is 25.4 Å². The second-order valence-electron chi connectivity index (χ2n) is 8.07. The lowest BCUT2D eigenvalue weighted by molar-refractivity contribution is -0.120. The number of methoxy groups -OCH3 is 1. The molecule has 1 heterocycles. The maximum atomic E-state index is 11.9. The molecule has 3 N–H and O–H groups in total. The summed E-state index contributed by atoms with van der Waals surface area (Å²) in [5.41, 5.74) is 10.1. The summed E-state index contributed by atoms with van der Waals surface area (Å²) in [6.45, 7) is 3.01. The molecule has 3 rings (SSSR count). The van der Waals surface area contributed by atoms with Gasteiger partial charge in [-0.1, -0.05) is 49.7 Å². The van der Waals surface area contributed by atoms with Crippen molar-refractivity contribution in [2.75, 3.05) is 26.1 Å². The molecule has 36 heavy (non-hydrogen) atoms. The molecular weight excluding hydrogens is 478 g/mol. The standard InChI is InChI=1S/C26H33N5O4S/c1-3-4-5-6-7-19-8-11-21(12-9-19)34-14-15-35-22-13-10-20(16-23(22)33-2)18-28-29-24(32)17-25-30-31-26(27)36-25/h8-13,16,18H,3-7,14-15,17H2,1-2H3,(H2,27,31)(H,29,32). The molecule has 0 aliphatic rings. The van der Waals surface area contributed by atoms with Gasteiger partial charge >= 0.3 is 0 Å². The lowest BCUT2D eigenvalue weighted by atomic mass is 10.1. The van der Waals surface area contributed by atoms with Gasteiger partial charge in [-0.2, -0.15) is 5.10 Å². The first kappa shape index (κ1) is 26.9. The van der Waals surface area contributed by atoms with Gasteiger partial charge in [-0.3, -0.25) is 4.79 Å². The zero-order valence-electron chi connectivity index (χ0n) is 20.7. The van der Waals surface area contributed by atoms with Crippen LogP contribution in [0.1, 0.15) is 48.7 Å². The number of carbonyl (C=O) groups is 1. The predicted molar refractivity (Wildman–Crippen MR) is 142 cm³/mol. The van der Waals surface area contributed by atoms with Crippen LogP contribution in [0.5, 0.6) is 17.2 Å². The van der Waals surface area contributed by atoms with Gasteiger partial charge in [-0.25, -0.2) is 5.43 Å². The van der Waals surface area contributed by atoms with Gasteiger partial charge in [0.15, 0.2) is 11.5 Å². The maximum absolute atomic E-state index is 11.9. The summed E-state index contributed by atoms with van der Waals surface area (Å²) >= 11 is 1.17. The van der Waals surface area contributed by atoms with E-state index in [0.717, 1.165) is 17.7 Å². The molecule has 0 aliphatic heterocycles.